The largest absolute Gasteiger partial charge is 0.224 e. The molecule has 0 amide bonds. The molecule has 0 aliphatic rings. The third-order valence-electron chi connectivity index (χ3n) is 1.37. The number of aryl methyl sites for hydroxylation is 1. The minimum Gasteiger partial charge on any atom is -0.224 e. The summed E-state index contributed by atoms with van der Waals surface area (Å²) in [6, 6.07) is 3.19. The zero-order valence-corrected chi connectivity index (χ0v) is 8.28. The molecular formula is C7H8ClNO2S. The molecule has 0 fully saturated rings. The zero-order valence-electron chi connectivity index (χ0n) is 6.70. The first-order valence-electron chi connectivity index (χ1n) is 3.24. The van der Waals surface area contributed by atoms with Gasteiger partial charge in [0.1, 0.15) is 5.15 Å². The standard InChI is InChI=1S/C7H8ClNO2S/c1-5-3-4-6(8)9-7(5)12(2,10)11/h3-4H,1-2H3. The van der Waals surface area contributed by atoms with Gasteiger partial charge in [-0.2, -0.15) is 0 Å². The number of aromatic nitrogens is 1. The number of rotatable bonds is 1. The van der Waals surface area contributed by atoms with Crippen molar-refractivity contribution in [3.63, 3.8) is 0 Å². The normalized spacial score (nSPS) is 11.6. The summed E-state index contributed by atoms with van der Waals surface area (Å²) in [5, 5.41) is 0.246. The number of sulfone groups is 1. The van der Waals surface area contributed by atoms with Gasteiger partial charge in [0.2, 0.25) is 0 Å². The molecule has 0 aliphatic carbocycles. The molecular weight excluding hydrogens is 198 g/mol. The molecule has 0 saturated carbocycles. The number of pyridine rings is 1. The van der Waals surface area contributed by atoms with Gasteiger partial charge in [0.05, 0.1) is 0 Å². The van der Waals surface area contributed by atoms with Crippen LogP contribution in [0.4, 0.5) is 0 Å². The average Bonchev–Trinajstić information content (AvgIpc) is 1.92. The van der Waals surface area contributed by atoms with Crippen molar-refractivity contribution < 1.29 is 8.42 Å². The summed E-state index contributed by atoms with van der Waals surface area (Å²) in [6.07, 6.45) is 1.11. The fraction of sp³-hybridized carbons (Fsp3) is 0.286. The summed E-state index contributed by atoms with van der Waals surface area (Å²) >= 11 is 5.55. The Morgan fingerprint density at radius 3 is 2.42 bits per heavy atom. The maximum Gasteiger partial charge on any atom is 0.193 e. The first-order valence-corrected chi connectivity index (χ1v) is 5.51. The Hall–Kier alpha value is -0.610. The maximum atomic E-state index is 11.1. The highest BCUT2D eigenvalue weighted by Gasteiger charge is 2.12. The van der Waals surface area contributed by atoms with Gasteiger partial charge < -0.3 is 0 Å². The predicted molar refractivity (Wildman–Crippen MR) is 47.1 cm³/mol. The maximum absolute atomic E-state index is 11.1. The van der Waals surface area contributed by atoms with E-state index in [0.717, 1.165) is 6.26 Å². The predicted octanol–water partition coefficient (Wildman–Crippen LogP) is 1.45. The Labute approximate surface area is 76.3 Å². The molecule has 12 heavy (non-hydrogen) atoms. The van der Waals surface area contributed by atoms with Crippen LogP contribution in [0.25, 0.3) is 0 Å². The molecule has 0 atom stereocenters. The molecule has 3 nitrogen and oxygen atoms in total. The summed E-state index contributed by atoms with van der Waals surface area (Å²) in [5.74, 6) is 0. The van der Waals surface area contributed by atoms with E-state index in [1.54, 1.807) is 19.1 Å². The topological polar surface area (TPSA) is 47.0 Å². The number of nitrogens with zero attached hydrogens (tertiary/aromatic N) is 1. The minimum atomic E-state index is -3.25. The quantitative estimate of drug-likeness (QED) is 0.652. The Morgan fingerprint density at radius 2 is 2.00 bits per heavy atom. The summed E-state index contributed by atoms with van der Waals surface area (Å²) in [4.78, 5) is 3.72. The van der Waals surface area contributed by atoms with Crippen LogP contribution in [0.3, 0.4) is 0 Å². The van der Waals surface area contributed by atoms with Crippen molar-refractivity contribution in [2.24, 2.45) is 0 Å². The van der Waals surface area contributed by atoms with E-state index in [2.05, 4.69) is 4.98 Å². The smallest absolute Gasteiger partial charge is 0.193 e. The Kier molecular flexibility index (Phi) is 2.39. The van der Waals surface area contributed by atoms with Crippen LogP contribution in [0, 0.1) is 6.92 Å². The van der Waals surface area contributed by atoms with Crippen LogP contribution in [0.2, 0.25) is 5.15 Å². The number of halogens is 1. The summed E-state index contributed by atoms with van der Waals surface area (Å²) in [7, 11) is -3.25. The van der Waals surface area contributed by atoms with Gasteiger partial charge >= 0.3 is 0 Å². The lowest BCUT2D eigenvalue weighted by Gasteiger charge is -2.01. The Bertz CT molecular complexity index is 400. The second kappa shape index (κ2) is 3.03. The zero-order chi connectivity index (χ0) is 9.35. The minimum absolute atomic E-state index is 0.0509. The molecule has 0 radical (unpaired) electrons. The molecule has 1 aromatic rings. The monoisotopic (exact) mass is 205 g/mol. The van der Waals surface area contributed by atoms with Crippen LogP contribution in [0.5, 0.6) is 0 Å². The first-order chi connectivity index (χ1) is 5.41. The van der Waals surface area contributed by atoms with Crippen LogP contribution in [-0.4, -0.2) is 19.7 Å². The van der Waals surface area contributed by atoms with Crippen LogP contribution in [0.15, 0.2) is 17.2 Å². The van der Waals surface area contributed by atoms with Crippen LogP contribution in [0.1, 0.15) is 5.56 Å². The second-order valence-corrected chi connectivity index (χ2v) is 4.85. The van der Waals surface area contributed by atoms with Crippen molar-refractivity contribution in [1.82, 2.24) is 4.98 Å². The van der Waals surface area contributed by atoms with Crippen molar-refractivity contribution in [2.45, 2.75) is 11.9 Å². The fourth-order valence-electron chi connectivity index (χ4n) is 0.863. The SMILES string of the molecule is Cc1ccc(Cl)nc1S(C)(=O)=O. The van der Waals surface area contributed by atoms with Crippen molar-refractivity contribution in [1.29, 1.82) is 0 Å². The van der Waals surface area contributed by atoms with E-state index in [4.69, 9.17) is 11.6 Å². The highest BCUT2D eigenvalue weighted by atomic mass is 35.5. The molecule has 5 heteroatoms. The van der Waals surface area contributed by atoms with E-state index in [-0.39, 0.29) is 10.2 Å². The summed E-state index contributed by atoms with van der Waals surface area (Å²) in [6.45, 7) is 1.68. The molecule has 1 rings (SSSR count). The Morgan fingerprint density at radius 1 is 1.42 bits per heavy atom. The summed E-state index contributed by atoms with van der Waals surface area (Å²) < 4.78 is 22.2. The van der Waals surface area contributed by atoms with Gasteiger partial charge in [0.25, 0.3) is 0 Å². The second-order valence-electron chi connectivity index (χ2n) is 2.53. The van der Waals surface area contributed by atoms with Gasteiger partial charge in [-0.15, -0.1) is 0 Å². The van der Waals surface area contributed by atoms with Crippen LogP contribution < -0.4 is 0 Å². The van der Waals surface area contributed by atoms with E-state index >= 15 is 0 Å². The molecule has 0 unspecified atom stereocenters. The van der Waals surface area contributed by atoms with Gasteiger partial charge in [-0.3, -0.25) is 0 Å². The van der Waals surface area contributed by atoms with Gasteiger partial charge in [-0.25, -0.2) is 13.4 Å². The van der Waals surface area contributed by atoms with Crippen LogP contribution in [-0.2, 0) is 9.84 Å². The van der Waals surface area contributed by atoms with E-state index in [1.165, 1.54) is 0 Å². The highest BCUT2D eigenvalue weighted by Crippen LogP contribution is 2.14. The molecule has 0 aliphatic heterocycles. The molecule has 0 spiro atoms. The Balaban J connectivity index is 3.43. The highest BCUT2D eigenvalue weighted by molar-refractivity contribution is 7.90. The van der Waals surface area contributed by atoms with Crippen molar-refractivity contribution in [2.75, 3.05) is 6.26 Å². The van der Waals surface area contributed by atoms with E-state index in [9.17, 15) is 8.42 Å². The average molecular weight is 206 g/mol. The molecule has 1 aromatic heterocycles. The van der Waals surface area contributed by atoms with Gasteiger partial charge in [0.15, 0.2) is 14.9 Å². The van der Waals surface area contributed by atoms with Gasteiger partial charge in [-0.1, -0.05) is 17.7 Å². The van der Waals surface area contributed by atoms with E-state index in [0.29, 0.717) is 5.56 Å². The van der Waals surface area contributed by atoms with Crippen molar-refractivity contribution >= 4 is 21.4 Å². The third-order valence-corrected chi connectivity index (χ3v) is 2.69. The molecule has 66 valence electrons. The van der Waals surface area contributed by atoms with Crippen molar-refractivity contribution in [3.05, 3.63) is 22.8 Å². The first kappa shape index (κ1) is 9.48. The van der Waals surface area contributed by atoms with Gasteiger partial charge in [-0.05, 0) is 18.6 Å². The van der Waals surface area contributed by atoms with Gasteiger partial charge in [0, 0.05) is 6.26 Å². The molecule has 1 heterocycles. The lowest BCUT2D eigenvalue weighted by molar-refractivity contribution is 0.597. The molecule has 0 saturated heterocycles. The van der Waals surface area contributed by atoms with E-state index < -0.39 is 9.84 Å². The third kappa shape index (κ3) is 1.95. The number of hydrogen-bond donors (Lipinski definition) is 0. The number of hydrogen-bond acceptors (Lipinski definition) is 3. The molecule has 0 bridgehead atoms. The lowest BCUT2D eigenvalue weighted by atomic mass is 10.3. The van der Waals surface area contributed by atoms with E-state index in [1.807, 2.05) is 0 Å². The molecule has 0 N–H and O–H groups in total. The molecule has 0 aromatic carbocycles. The van der Waals surface area contributed by atoms with Crippen molar-refractivity contribution in [3.8, 4) is 0 Å². The summed E-state index contributed by atoms with van der Waals surface area (Å²) in [5.41, 5.74) is 0.613. The lowest BCUT2D eigenvalue weighted by Crippen LogP contribution is -2.03. The fourth-order valence-corrected chi connectivity index (χ4v) is 1.98. The van der Waals surface area contributed by atoms with Crippen LogP contribution >= 0.6 is 11.6 Å².